The molecule has 4 heteroatoms. The van der Waals surface area contributed by atoms with Crippen molar-refractivity contribution in [1.29, 1.82) is 0 Å². The maximum atomic E-state index is 6.42. The van der Waals surface area contributed by atoms with Crippen LogP contribution in [0, 0.1) is 0 Å². The number of aryl methyl sites for hydroxylation is 1. The van der Waals surface area contributed by atoms with Crippen LogP contribution in [0.15, 0.2) is 65.4 Å². The molecule has 29 heavy (non-hydrogen) atoms. The summed E-state index contributed by atoms with van der Waals surface area (Å²) in [6.07, 6.45) is 7.50. The number of fused-ring (bicyclic) bond motifs is 1. The zero-order valence-electron chi connectivity index (χ0n) is 18.3. The van der Waals surface area contributed by atoms with Crippen LogP contribution in [0.4, 0.5) is 11.4 Å². The van der Waals surface area contributed by atoms with Gasteiger partial charge < -0.3 is 4.90 Å². The number of pyridine rings is 1. The molecule has 2 aromatic rings. The van der Waals surface area contributed by atoms with Gasteiger partial charge in [0.2, 0.25) is 0 Å². The molecule has 0 saturated carbocycles. The molecule has 1 aromatic carbocycles. The van der Waals surface area contributed by atoms with Gasteiger partial charge in [0.05, 0.1) is 17.9 Å². The van der Waals surface area contributed by atoms with E-state index >= 15 is 0 Å². The second-order valence-corrected chi connectivity index (χ2v) is 8.07. The fourth-order valence-corrected chi connectivity index (χ4v) is 3.85. The first-order chi connectivity index (χ1) is 14.0. The molecule has 3 rings (SSSR count). The third-order valence-corrected chi connectivity index (χ3v) is 5.75. The van der Waals surface area contributed by atoms with Gasteiger partial charge in [0.1, 0.15) is 0 Å². The minimum Gasteiger partial charge on any atom is -0.340 e. The smallest absolute Gasteiger partial charge is 0.0794 e. The molecule has 0 fully saturated rings. The number of allylic oxidation sites excluding steroid dienone is 3. The molecular weight excluding hydrogens is 356 g/mol. The molecule has 2 heterocycles. The lowest BCUT2D eigenvalue weighted by Crippen LogP contribution is -2.34. The second kappa shape index (κ2) is 9.86. The Hall–Kier alpha value is -2.43. The van der Waals surface area contributed by atoms with Crippen molar-refractivity contribution in [2.75, 3.05) is 18.0 Å². The molecule has 1 aliphatic heterocycles. The molecular formula is C25H34N4. The number of nitrogens with two attached hydrogens (primary N) is 1. The van der Waals surface area contributed by atoms with Crippen LogP contribution in [-0.4, -0.2) is 23.1 Å². The van der Waals surface area contributed by atoms with Crippen LogP contribution < -0.4 is 10.7 Å². The normalized spacial score (nSPS) is 15.4. The fourth-order valence-electron chi connectivity index (χ4n) is 3.85. The SMILES string of the molecule is CC/C(C)=C\C(C)=C(/C)CN(N)Cc1ncccc1N1CCCc2ccccc21. The molecule has 0 spiro atoms. The number of aromatic nitrogens is 1. The van der Waals surface area contributed by atoms with Gasteiger partial charge in [-0.3, -0.25) is 10.8 Å². The van der Waals surface area contributed by atoms with Gasteiger partial charge in [-0.05, 0) is 63.8 Å². The zero-order valence-corrected chi connectivity index (χ0v) is 18.3. The van der Waals surface area contributed by atoms with Crippen LogP contribution in [0.25, 0.3) is 0 Å². The molecule has 0 unspecified atom stereocenters. The highest BCUT2D eigenvalue weighted by Gasteiger charge is 2.21. The van der Waals surface area contributed by atoms with Gasteiger partial charge in [-0.1, -0.05) is 47.9 Å². The molecule has 1 aromatic heterocycles. The first kappa shape index (κ1) is 21.3. The summed E-state index contributed by atoms with van der Waals surface area (Å²) >= 11 is 0. The molecule has 1 aliphatic rings. The van der Waals surface area contributed by atoms with E-state index in [-0.39, 0.29) is 0 Å². The quantitative estimate of drug-likeness (QED) is 0.383. The summed E-state index contributed by atoms with van der Waals surface area (Å²) in [4.78, 5) is 7.09. The molecule has 2 N–H and O–H groups in total. The number of rotatable bonds is 7. The highest BCUT2D eigenvalue weighted by Crippen LogP contribution is 2.34. The van der Waals surface area contributed by atoms with E-state index in [1.165, 1.54) is 28.0 Å². The Kier molecular flexibility index (Phi) is 7.24. The van der Waals surface area contributed by atoms with Crippen LogP contribution in [0.1, 0.15) is 51.8 Å². The van der Waals surface area contributed by atoms with Gasteiger partial charge in [-0.2, -0.15) is 0 Å². The number of hydrogen-bond donors (Lipinski definition) is 1. The molecule has 0 radical (unpaired) electrons. The van der Waals surface area contributed by atoms with E-state index in [9.17, 15) is 0 Å². The summed E-state index contributed by atoms with van der Waals surface area (Å²) in [7, 11) is 0. The molecule has 0 saturated heterocycles. The van der Waals surface area contributed by atoms with Crippen LogP contribution in [0.2, 0.25) is 0 Å². The van der Waals surface area contributed by atoms with Crippen molar-refractivity contribution in [3.05, 3.63) is 76.6 Å². The highest BCUT2D eigenvalue weighted by atomic mass is 15.4. The summed E-state index contributed by atoms with van der Waals surface area (Å²) in [6, 6.07) is 12.9. The van der Waals surface area contributed by atoms with Gasteiger partial charge in [0.25, 0.3) is 0 Å². The lowest BCUT2D eigenvalue weighted by atomic mass is 10.0. The van der Waals surface area contributed by atoms with Crippen LogP contribution in [0.5, 0.6) is 0 Å². The molecule has 4 nitrogen and oxygen atoms in total. The summed E-state index contributed by atoms with van der Waals surface area (Å²) < 4.78 is 0. The predicted octanol–water partition coefficient (Wildman–Crippen LogP) is 5.53. The van der Waals surface area contributed by atoms with Gasteiger partial charge in [0, 0.05) is 25.0 Å². The summed E-state index contributed by atoms with van der Waals surface area (Å²) in [5, 5.41) is 1.87. The van der Waals surface area contributed by atoms with Crippen molar-refractivity contribution in [2.45, 2.75) is 53.5 Å². The van der Waals surface area contributed by atoms with E-state index < -0.39 is 0 Å². The lowest BCUT2D eigenvalue weighted by Gasteiger charge is -2.33. The maximum Gasteiger partial charge on any atom is 0.0794 e. The maximum absolute atomic E-state index is 6.42. The van der Waals surface area contributed by atoms with E-state index in [4.69, 9.17) is 5.84 Å². The Morgan fingerprint density at radius 2 is 1.90 bits per heavy atom. The Bertz CT molecular complexity index is 897. The fraction of sp³-hybridized carbons (Fsp3) is 0.400. The number of benzene rings is 1. The van der Waals surface area contributed by atoms with E-state index in [1.807, 2.05) is 17.3 Å². The largest absolute Gasteiger partial charge is 0.340 e. The summed E-state index contributed by atoms with van der Waals surface area (Å²) in [5.41, 5.74) is 8.87. The van der Waals surface area contributed by atoms with E-state index in [0.29, 0.717) is 6.54 Å². The zero-order chi connectivity index (χ0) is 20.8. The lowest BCUT2D eigenvalue weighted by molar-refractivity contribution is 0.295. The molecule has 0 bridgehead atoms. The second-order valence-electron chi connectivity index (χ2n) is 8.07. The monoisotopic (exact) mass is 390 g/mol. The summed E-state index contributed by atoms with van der Waals surface area (Å²) in [6.45, 7) is 11.0. The van der Waals surface area contributed by atoms with E-state index in [1.54, 1.807) is 0 Å². The van der Waals surface area contributed by atoms with Gasteiger partial charge >= 0.3 is 0 Å². The number of nitrogens with zero attached hydrogens (tertiary/aromatic N) is 3. The van der Waals surface area contributed by atoms with E-state index in [2.05, 4.69) is 74.0 Å². The number of para-hydroxylation sites is 1. The topological polar surface area (TPSA) is 45.4 Å². The van der Waals surface area contributed by atoms with Crippen molar-refractivity contribution < 1.29 is 0 Å². The van der Waals surface area contributed by atoms with Crippen LogP contribution in [0.3, 0.4) is 0 Å². The van der Waals surface area contributed by atoms with Crippen molar-refractivity contribution in [2.24, 2.45) is 5.84 Å². The molecule has 0 aliphatic carbocycles. The van der Waals surface area contributed by atoms with Crippen molar-refractivity contribution >= 4 is 11.4 Å². The van der Waals surface area contributed by atoms with Crippen molar-refractivity contribution in [1.82, 2.24) is 9.99 Å². The van der Waals surface area contributed by atoms with E-state index in [0.717, 1.165) is 43.7 Å². The molecule has 0 amide bonds. The standard InChI is InChI=1S/C25H34N4/c1-5-19(2)16-20(3)21(4)17-28(26)18-23-25(13-8-14-27-23)29-15-9-11-22-10-6-7-12-24(22)29/h6-8,10,12-14,16H,5,9,11,15,17-18,26H2,1-4H3/b19-16-,21-20+. The van der Waals surface area contributed by atoms with Crippen molar-refractivity contribution in [3.63, 3.8) is 0 Å². The summed E-state index contributed by atoms with van der Waals surface area (Å²) in [5.74, 6) is 6.42. The molecule has 0 atom stereocenters. The number of hydrazine groups is 1. The van der Waals surface area contributed by atoms with Crippen LogP contribution >= 0.6 is 0 Å². The Morgan fingerprint density at radius 3 is 2.69 bits per heavy atom. The average molecular weight is 391 g/mol. The molecule has 154 valence electrons. The van der Waals surface area contributed by atoms with Crippen LogP contribution in [-0.2, 0) is 13.0 Å². The first-order valence-corrected chi connectivity index (χ1v) is 10.6. The predicted molar refractivity (Wildman–Crippen MR) is 123 cm³/mol. The van der Waals surface area contributed by atoms with Gasteiger partial charge in [0.15, 0.2) is 0 Å². The first-order valence-electron chi connectivity index (χ1n) is 10.6. The van der Waals surface area contributed by atoms with Gasteiger partial charge in [-0.25, -0.2) is 5.01 Å². The number of hydrogen-bond acceptors (Lipinski definition) is 4. The Balaban J connectivity index is 1.79. The minimum atomic E-state index is 0.621. The number of anilines is 2. The Morgan fingerprint density at radius 1 is 1.14 bits per heavy atom. The third-order valence-electron chi connectivity index (χ3n) is 5.75. The highest BCUT2D eigenvalue weighted by molar-refractivity contribution is 5.69. The van der Waals surface area contributed by atoms with Crippen molar-refractivity contribution in [3.8, 4) is 0 Å². The average Bonchev–Trinajstić information content (AvgIpc) is 2.73. The Labute approximate surface area is 175 Å². The van der Waals surface area contributed by atoms with Gasteiger partial charge in [-0.15, -0.1) is 0 Å². The third kappa shape index (κ3) is 5.34. The minimum absolute atomic E-state index is 0.621.